The van der Waals surface area contributed by atoms with E-state index in [2.05, 4.69) is 41.3 Å². The Morgan fingerprint density at radius 1 is 1.33 bits per heavy atom. The van der Waals surface area contributed by atoms with Gasteiger partial charge >= 0.3 is 0 Å². The Bertz CT molecular complexity index is 737. The zero-order valence-corrected chi connectivity index (χ0v) is 15.3. The van der Waals surface area contributed by atoms with Gasteiger partial charge in [0, 0.05) is 41.9 Å². The van der Waals surface area contributed by atoms with E-state index in [1.165, 1.54) is 10.5 Å². The van der Waals surface area contributed by atoms with Crippen LogP contribution in [0.5, 0.6) is 0 Å². The minimum atomic E-state index is -0.0704. The molecule has 0 saturated carbocycles. The topological polar surface area (TPSA) is 50.2 Å². The number of rotatable bonds is 6. The first-order chi connectivity index (χ1) is 11.7. The average Bonchev–Trinajstić information content (AvgIpc) is 2.96. The Labute approximate surface area is 147 Å². The van der Waals surface area contributed by atoms with Gasteiger partial charge in [0.05, 0.1) is 5.69 Å². The molecule has 6 heteroatoms. The lowest BCUT2D eigenvalue weighted by Gasteiger charge is -2.18. The smallest absolute Gasteiger partial charge is 0.272 e. The van der Waals surface area contributed by atoms with Gasteiger partial charge in [0.1, 0.15) is 0 Å². The summed E-state index contributed by atoms with van der Waals surface area (Å²) in [5.41, 5.74) is 3.84. The predicted molar refractivity (Wildman–Crippen MR) is 98.3 cm³/mol. The van der Waals surface area contributed by atoms with Crippen LogP contribution >= 0.6 is 11.8 Å². The second-order valence-corrected chi connectivity index (χ2v) is 6.88. The largest absolute Gasteiger partial charge is 0.349 e. The summed E-state index contributed by atoms with van der Waals surface area (Å²) < 4.78 is 1.84. The summed E-state index contributed by atoms with van der Waals surface area (Å²) in [6, 6.07) is 8.31. The number of hydrogen-bond donors (Lipinski definition) is 1. The molecule has 2 heterocycles. The number of aromatic nitrogens is 2. The lowest BCUT2D eigenvalue weighted by molar-refractivity contribution is 0.0942. The summed E-state index contributed by atoms with van der Waals surface area (Å²) in [7, 11) is 1.91. The van der Waals surface area contributed by atoms with Crippen molar-refractivity contribution in [3.8, 4) is 11.3 Å². The second kappa shape index (κ2) is 7.40. The Kier molecular flexibility index (Phi) is 5.26. The maximum atomic E-state index is 12.6. The van der Waals surface area contributed by atoms with E-state index < -0.39 is 0 Å². The molecule has 0 bridgehead atoms. The fourth-order valence-corrected chi connectivity index (χ4v) is 4.18. The van der Waals surface area contributed by atoms with Crippen LogP contribution in [0.25, 0.3) is 11.3 Å². The predicted octanol–water partition coefficient (Wildman–Crippen LogP) is 2.76. The SMILES string of the molecule is CCN(CC)CCNC(=O)c1nn(C)c2c1CSc1ccccc1-2. The molecule has 0 unspecified atom stereocenters. The normalized spacial score (nSPS) is 12.8. The number of carbonyl (C=O) groups excluding carboxylic acids is 1. The molecule has 0 saturated heterocycles. The first kappa shape index (κ1) is 17.0. The Morgan fingerprint density at radius 3 is 2.83 bits per heavy atom. The Morgan fingerprint density at radius 2 is 2.08 bits per heavy atom. The molecule has 0 atom stereocenters. The molecule has 1 aliphatic rings. The van der Waals surface area contributed by atoms with E-state index in [-0.39, 0.29) is 5.91 Å². The highest BCUT2D eigenvalue weighted by Crippen LogP contribution is 2.42. The van der Waals surface area contributed by atoms with Crippen LogP contribution in [-0.4, -0.2) is 46.8 Å². The molecule has 2 aromatic rings. The van der Waals surface area contributed by atoms with E-state index >= 15 is 0 Å². The molecule has 24 heavy (non-hydrogen) atoms. The Hall–Kier alpha value is -1.79. The van der Waals surface area contributed by atoms with Crippen LogP contribution in [0.15, 0.2) is 29.2 Å². The first-order valence-electron chi connectivity index (χ1n) is 8.44. The molecular formula is C18H24N4OS. The summed E-state index contributed by atoms with van der Waals surface area (Å²) in [5, 5.41) is 7.53. The van der Waals surface area contributed by atoms with E-state index in [0.717, 1.165) is 36.6 Å². The van der Waals surface area contributed by atoms with Crippen LogP contribution < -0.4 is 5.32 Å². The van der Waals surface area contributed by atoms with Gasteiger partial charge in [-0.25, -0.2) is 0 Å². The van der Waals surface area contributed by atoms with Crippen molar-refractivity contribution in [1.29, 1.82) is 0 Å². The standard InChI is InChI=1S/C18H24N4OS/c1-4-22(5-2)11-10-19-18(23)16-14-12-24-15-9-7-6-8-13(15)17(14)21(3)20-16/h6-9H,4-5,10-12H2,1-3H3,(H,19,23). The van der Waals surface area contributed by atoms with E-state index in [1.54, 1.807) is 11.8 Å². The van der Waals surface area contributed by atoms with Crippen LogP contribution in [-0.2, 0) is 12.8 Å². The van der Waals surface area contributed by atoms with Gasteiger partial charge in [0.2, 0.25) is 0 Å². The summed E-state index contributed by atoms with van der Waals surface area (Å²) in [6.45, 7) is 7.78. The first-order valence-corrected chi connectivity index (χ1v) is 9.42. The van der Waals surface area contributed by atoms with Crippen molar-refractivity contribution in [3.63, 3.8) is 0 Å². The van der Waals surface area contributed by atoms with Gasteiger partial charge in [-0.05, 0) is 19.2 Å². The van der Waals surface area contributed by atoms with Crippen LogP contribution in [0, 0.1) is 0 Å². The molecule has 1 N–H and O–H groups in total. The quantitative estimate of drug-likeness (QED) is 0.875. The summed E-state index contributed by atoms with van der Waals surface area (Å²) in [6.07, 6.45) is 0. The van der Waals surface area contributed by atoms with Gasteiger partial charge in [-0.2, -0.15) is 5.10 Å². The average molecular weight is 344 g/mol. The summed E-state index contributed by atoms with van der Waals surface area (Å²) >= 11 is 1.77. The van der Waals surface area contributed by atoms with Crippen molar-refractivity contribution in [3.05, 3.63) is 35.5 Å². The molecule has 1 aromatic heterocycles. The third kappa shape index (κ3) is 3.21. The number of benzene rings is 1. The van der Waals surface area contributed by atoms with Crippen LogP contribution in [0.1, 0.15) is 29.9 Å². The van der Waals surface area contributed by atoms with Gasteiger partial charge < -0.3 is 10.2 Å². The lowest BCUT2D eigenvalue weighted by Crippen LogP contribution is -2.35. The maximum Gasteiger partial charge on any atom is 0.272 e. The number of carbonyl (C=O) groups is 1. The highest BCUT2D eigenvalue weighted by molar-refractivity contribution is 7.98. The van der Waals surface area contributed by atoms with Gasteiger partial charge in [-0.3, -0.25) is 9.48 Å². The molecule has 5 nitrogen and oxygen atoms in total. The van der Waals surface area contributed by atoms with Crippen molar-refractivity contribution in [2.24, 2.45) is 7.05 Å². The third-order valence-electron chi connectivity index (χ3n) is 4.48. The maximum absolute atomic E-state index is 12.6. The molecule has 1 aliphatic heterocycles. The number of nitrogens with one attached hydrogen (secondary N) is 1. The van der Waals surface area contributed by atoms with Crippen LogP contribution in [0.4, 0.5) is 0 Å². The van der Waals surface area contributed by atoms with Crippen LogP contribution in [0.2, 0.25) is 0 Å². The summed E-state index contributed by atoms with van der Waals surface area (Å²) in [5.74, 6) is 0.720. The second-order valence-electron chi connectivity index (χ2n) is 5.87. The number of fused-ring (bicyclic) bond motifs is 3. The third-order valence-corrected chi connectivity index (χ3v) is 5.58. The molecule has 0 spiro atoms. The molecular weight excluding hydrogens is 320 g/mol. The molecule has 0 aliphatic carbocycles. The lowest BCUT2D eigenvalue weighted by atomic mass is 10.1. The number of hydrogen-bond acceptors (Lipinski definition) is 4. The van der Waals surface area contributed by atoms with E-state index in [4.69, 9.17) is 0 Å². The molecule has 1 amide bonds. The summed E-state index contributed by atoms with van der Waals surface area (Å²) in [4.78, 5) is 16.1. The number of amides is 1. The van der Waals surface area contributed by atoms with E-state index in [1.807, 2.05) is 23.9 Å². The van der Waals surface area contributed by atoms with Crippen molar-refractivity contribution in [2.45, 2.75) is 24.5 Å². The van der Waals surface area contributed by atoms with Gasteiger partial charge in [0.15, 0.2) is 5.69 Å². The van der Waals surface area contributed by atoms with Gasteiger partial charge in [-0.15, -0.1) is 11.8 Å². The van der Waals surface area contributed by atoms with Gasteiger partial charge in [-0.1, -0.05) is 32.0 Å². The molecule has 0 radical (unpaired) electrons. The number of nitrogens with zero attached hydrogens (tertiary/aromatic N) is 3. The van der Waals surface area contributed by atoms with Crippen LogP contribution in [0.3, 0.4) is 0 Å². The fraction of sp³-hybridized carbons (Fsp3) is 0.444. The monoisotopic (exact) mass is 344 g/mol. The Balaban J connectivity index is 1.78. The zero-order chi connectivity index (χ0) is 17.1. The number of likely N-dealkylation sites (N-methyl/N-ethyl adjacent to an activating group) is 1. The minimum absolute atomic E-state index is 0.0704. The molecule has 1 aromatic carbocycles. The highest BCUT2D eigenvalue weighted by atomic mass is 32.2. The molecule has 3 rings (SSSR count). The van der Waals surface area contributed by atoms with Crippen molar-refractivity contribution in [1.82, 2.24) is 20.0 Å². The van der Waals surface area contributed by atoms with E-state index in [9.17, 15) is 4.79 Å². The van der Waals surface area contributed by atoms with Gasteiger partial charge in [0.25, 0.3) is 5.91 Å². The minimum Gasteiger partial charge on any atom is -0.349 e. The van der Waals surface area contributed by atoms with Crippen molar-refractivity contribution >= 4 is 17.7 Å². The number of aryl methyl sites for hydroxylation is 1. The van der Waals surface area contributed by atoms with Crippen molar-refractivity contribution in [2.75, 3.05) is 26.2 Å². The molecule has 0 fully saturated rings. The zero-order valence-electron chi connectivity index (χ0n) is 14.5. The number of thioether (sulfide) groups is 1. The van der Waals surface area contributed by atoms with E-state index in [0.29, 0.717) is 12.2 Å². The highest BCUT2D eigenvalue weighted by Gasteiger charge is 2.27. The molecule has 128 valence electrons. The fourth-order valence-electron chi connectivity index (χ4n) is 3.11. The van der Waals surface area contributed by atoms with Crippen molar-refractivity contribution < 1.29 is 4.79 Å².